The lowest BCUT2D eigenvalue weighted by atomic mass is 9.90. The van der Waals surface area contributed by atoms with Crippen molar-refractivity contribution >= 4 is 21.8 Å². The van der Waals surface area contributed by atoms with Gasteiger partial charge in [0.25, 0.3) is 0 Å². The molecule has 4 nitrogen and oxygen atoms in total. The smallest absolute Gasteiger partial charge is 0.0486 e. The van der Waals surface area contributed by atoms with Gasteiger partial charge in [0.05, 0.1) is 0 Å². The molecule has 0 bridgehead atoms. The van der Waals surface area contributed by atoms with Crippen LogP contribution in [0.15, 0.2) is 36.4 Å². The molecule has 4 aromatic rings. The van der Waals surface area contributed by atoms with Gasteiger partial charge in [-0.3, -0.25) is 0 Å². The maximum atomic E-state index is 3.67. The average molecular weight is 453 g/mol. The molecule has 2 atom stereocenters. The highest BCUT2D eigenvalue weighted by molar-refractivity contribution is 5.87. The van der Waals surface area contributed by atoms with E-state index in [9.17, 15) is 0 Å². The number of rotatable bonds is 0. The Morgan fingerprint density at radius 3 is 1.62 bits per heavy atom. The van der Waals surface area contributed by atoms with Crippen LogP contribution in [-0.4, -0.2) is 22.2 Å². The molecule has 2 aromatic heterocycles. The third-order valence-electron chi connectivity index (χ3n) is 8.69. The SMILES string of the molecule is Cc1ccc2c(c1)c1c3n2CCN[C@@H]3CCC1.Cc1ccc2c(c1)c1c3n2CCN[C@H]3CCC1. The van der Waals surface area contributed by atoms with Gasteiger partial charge >= 0.3 is 0 Å². The second-order valence-corrected chi connectivity index (χ2v) is 10.9. The first kappa shape index (κ1) is 20.8. The molecule has 2 aromatic carbocycles. The van der Waals surface area contributed by atoms with E-state index in [2.05, 4.69) is 70.0 Å². The molecule has 8 rings (SSSR count). The van der Waals surface area contributed by atoms with Crippen molar-refractivity contribution in [3.8, 4) is 0 Å². The minimum Gasteiger partial charge on any atom is -0.342 e. The van der Waals surface area contributed by atoms with E-state index >= 15 is 0 Å². The van der Waals surface area contributed by atoms with E-state index in [0.717, 1.165) is 26.2 Å². The second kappa shape index (κ2) is 8.00. The number of aryl methyl sites for hydroxylation is 4. The van der Waals surface area contributed by atoms with E-state index in [1.165, 1.54) is 71.5 Å². The summed E-state index contributed by atoms with van der Waals surface area (Å²) < 4.78 is 5.12. The van der Waals surface area contributed by atoms with E-state index in [-0.39, 0.29) is 0 Å². The lowest BCUT2D eigenvalue weighted by Crippen LogP contribution is -2.35. The number of benzene rings is 2. The average Bonchev–Trinajstić information content (AvgIpc) is 3.35. The van der Waals surface area contributed by atoms with Gasteiger partial charge in [0.1, 0.15) is 0 Å². The summed E-state index contributed by atoms with van der Waals surface area (Å²) in [6, 6.07) is 15.1. The van der Waals surface area contributed by atoms with Gasteiger partial charge in [-0.15, -0.1) is 0 Å². The standard InChI is InChI=1S/2C15H18N2/c2*1-10-5-6-14-12(9-10)11-3-2-4-13-15(11)17(14)8-7-16-13/h2*5-6,9,13,16H,2-4,7-8H2,1H3/t2*13-/m10/s1. The highest BCUT2D eigenvalue weighted by Gasteiger charge is 2.30. The van der Waals surface area contributed by atoms with Gasteiger partial charge in [-0.1, -0.05) is 23.3 Å². The second-order valence-electron chi connectivity index (χ2n) is 10.9. The molecule has 0 spiro atoms. The van der Waals surface area contributed by atoms with Crippen molar-refractivity contribution in [1.29, 1.82) is 0 Å². The van der Waals surface area contributed by atoms with Gasteiger partial charge in [0.2, 0.25) is 0 Å². The summed E-state index contributed by atoms with van der Waals surface area (Å²) in [5.41, 5.74) is 12.1. The van der Waals surface area contributed by atoms with Crippen molar-refractivity contribution in [2.45, 2.75) is 77.5 Å². The zero-order chi connectivity index (χ0) is 22.8. The molecule has 4 heteroatoms. The summed E-state index contributed by atoms with van der Waals surface area (Å²) in [4.78, 5) is 0. The van der Waals surface area contributed by atoms with Crippen LogP contribution in [0.25, 0.3) is 21.8 Å². The van der Waals surface area contributed by atoms with Gasteiger partial charge in [-0.25, -0.2) is 0 Å². The Balaban J connectivity index is 0.000000118. The topological polar surface area (TPSA) is 33.9 Å². The number of fused-ring (bicyclic) bond motifs is 6. The normalized spacial score (nSPS) is 22.8. The Hall–Kier alpha value is -2.56. The van der Waals surface area contributed by atoms with Crippen LogP contribution < -0.4 is 10.6 Å². The van der Waals surface area contributed by atoms with Gasteiger partial charge < -0.3 is 19.8 Å². The van der Waals surface area contributed by atoms with Crippen LogP contribution in [0.4, 0.5) is 0 Å². The molecule has 34 heavy (non-hydrogen) atoms. The molecule has 0 amide bonds. The highest BCUT2D eigenvalue weighted by atomic mass is 15.1. The van der Waals surface area contributed by atoms with E-state index in [4.69, 9.17) is 0 Å². The lowest BCUT2D eigenvalue weighted by molar-refractivity contribution is 0.384. The van der Waals surface area contributed by atoms with Crippen LogP contribution >= 0.6 is 0 Å². The number of hydrogen-bond acceptors (Lipinski definition) is 2. The molecule has 4 heterocycles. The molecule has 0 unspecified atom stereocenters. The molecule has 2 N–H and O–H groups in total. The highest BCUT2D eigenvalue weighted by Crippen LogP contribution is 2.40. The largest absolute Gasteiger partial charge is 0.342 e. The van der Waals surface area contributed by atoms with Crippen LogP contribution in [-0.2, 0) is 25.9 Å². The molecule has 2 aliphatic heterocycles. The summed E-state index contributed by atoms with van der Waals surface area (Å²) in [5.74, 6) is 0. The summed E-state index contributed by atoms with van der Waals surface area (Å²) in [6.45, 7) is 8.89. The van der Waals surface area contributed by atoms with Crippen LogP contribution in [0.3, 0.4) is 0 Å². The van der Waals surface area contributed by atoms with Crippen LogP contribution in [0.1, 0.15) is 71.4 Å². The number of nitrogens with one attached hydrogen (secondary N) is 2. The van der Waals surface area contributed by atoms with Gasteiger partial charge in [0, 0.05) is 71.5 Å². The molecule has 4 aliphatic rings. The summed E-state index contributed by atoms with van der Waals surface area (Å²) in [6.07, 6.45) is 7.81. The summed E-state index contributed by atoms with van der Waals surface area (Å²) >= 11 is 0. The maximum absolute atomic E-state index is 3.67. The summed E-state index contributed by atoms with van der Waals surface area (Å²) in [5, 5.41) is 10.4. The van der Waals surface area contributed by atoms with Crippen molar-refractivity contribution in [1.82, 2.24) is 19.8 Å². The number of aromatic nitrogens is 2. The third kappa shape index (κ3) is 3.11. The van der Waals surface area contributed by atoms with Gasteiger partial charge in [-0.2, -0.15) is 0 Å². The fourth-order valence-electron chi connectivity index (χ4n) is 7.26. The van der Waals surface area contributed by atoms with E-state index in [0.29, 0.717) is 12.1 Å². The Kier molecular flexibility index (Phi) is 4.89. The molecule has 0 saturated carbocycles. The first-order valence-corrected chi connectivity index (χ1v) is 13.4. The van der Waals surface area contributed by atoms with Crippen molar-refractivity contribution in [3.63, 3.8) is 0 Å². The molecule has 0 radical (unpaired) electrons. The quantitative estimate of drug-likeness (QED) is 0.350. The van der Waals surface area contributed by atoms with Crippen molar-refractivity contribution in [2.75, 3.05) is 13.1 Å². The van der Waals surface area contributed by atoms with E-state index in [1.807, 2.05) is 0 Å². The lowest BCUT2D eigenvalue weighted by Gasteiger charge is -2.31. The van der Waals surface area contributed by atoms with Crippen LogP contribution in [0.5, 0.6) is 0 Å². The summed E-state index contributed by atoms with van der Waals surface area (Å²) in [7, 11) is 0. The molecular formula is C30H36N4. The zero-order valence-corrected chi connectivity index (χ0v) is 20.6. The molecule has 0 fully saturated rings. The monoisotopic (exact) mass is 452 g/mol. The van der Waals surface area contributed by atoms with Crippen molar-refractivity contribution < 1.29 is 0 Å². The zero-order valence-electron chi connectivity index (χ0n) is 20.6. The number of hydrogen-bond donors (Lipinski definition) is 2. The Labute approximate surface area is 202 Å². The predicted octanol–water partition coefficient (Wildman–Crippen LogP) is 5.86. The van der Waals surface area contributed by atoms with Crippen LogP contribution in [0, 0.1) is 13.8 Å². The Morgan fingerprint density at radius 1 is 0.676 bits per heavy atom. The molecule has 2 aliphatic carbocycles. The molecule has 176 valence electrons. The van der Waals surface area contributed by atoms with E-state index in [1.54, 1.807) is 22.5 Å². The Bertz CT molecular complexity index is 1290. The Morgan fingerprint density at radius 2 is 1.15 bits per heavy atom. The number of nitrogens with zero attached hydrogens (tertiary/aromatic N) is 2. The molecular weight excluding hydrogens is 416 g/mol. The van der Waals surface area contributed by atoms with Crippen molar-refractivity contribution in [3.05, 3.63) is 70.0 Å². The van der Waals surface area contributed by atoms with Crippen molar-refractivity contribution in [2.24, 2.45) is 0 Å². The third-order valence-corrected chi connectivity index (χ3v) is 8.69. The van der Waals surface area contributed by atoms with Crippen LogP contribution in [0.2, 0.25) is 0 Å². The predicted molar refractivity (Wildman–Crippen MR) is 141 cm³/mol. The minimum atomic E-state index is 0.611. The van der Waals surface area contributed by atoms with Gasteiger partial charge in [0.15, 0.2) is 0 Å². The fourth-order valence-corrected chi connectivity index (χ4v) is 7.26. The van der Waals surface area contributed by atoms with Gasteiger partial charge in [-0.05, 0) is 87.8 Å². The first-order chi connectivity index (χ1) is 16.7. The first-order valence-electron chi connectivity index (χ1n) is 13.4. The molecule has 0 saturated heterocycles. The fraction of sp³-hybridized carbons (Fsp3) is 0.467. The van der Waals surface area contributed by atoms with E-state index < -0.39 is 0 Å². The minimum absolute atomic E-state index is 0.611. The maximum Gasteiger partial charge on any atom is 0.0486 e.